The van der Waals surface area contributed by atoms with Crippen LogP contribution in [0.3, 0.4) is 0 Å². The Hall–Kier alpha value is 0.217. The second-order valence-corrected chi connectivity index (χ2v) is 9.57. The Labute approximate surface area is 65.0 Å². The fraction of sp³-hybridized carbons (Fsp3) is 1.00. The van der Waals surface area contributed by atoms with E-state index in [0.717, 1.165) is 0 Å². The zero-order chi connectivity index (χ0) is 7.03. The Morgan fingerprint density at radius 1 is 1.00 bits per heavy atom. The van der Waals surface area contributed by atoms with Gasteiger partial charge in [0.1, 0.15) is 0 Å². The van der Waals surface area contributed by atoms with Gasteiger partial charge in [0.25, 0.3) is 0 Å². The van der Waals surface area contributed by atoms with Crippen LogP contribution in [0, 0.1) is 0 Å². The molecule has 0 bridgehead atoms. The van der Waals surface area contributed by atoms with Gasteiger partial charge >= 0.3 is 0 Å². The molecule has 0 saturated carbocycles. The number of hydrogen-bond donors (Lipinski definition) is 0. The van der Waals surface area contributed by atoms with Crippen molar-refractivity contribution in [1.29, 1.82) is 0 Å². The van der Waals surface area contributed by atoms with Crippen molar-refractivity contribution in [2.75, 3.05) is 0 Å². The van der Waals surface area contributed by atoms with Gasteiger partial charge in [-0.15, -0.1) is 0 Å². The zero-order valence-corrected chi connectivity index (χ0v) is 8.03. The van der Waals surface area contributed by atoms with Crippen LogP contribution in [-0.2, 0) is 0 Å². The molecule has 2 saturated heterocycles. The lowest BCUT2D eigenvalue weighted by Gasteiger charge is -2.25. The lowest BCUT2D eigenvalue weighted by atomic mass is 10.3. The highest BCUT2D eigenvalue weighted by Crippen LogP contribution is 2.49. The van der Waals surface area contributed by atoms with E-state index < -0.39 is 8.07 Å². The van der Waals surface area contributed by atoms with Crippen LogP contribution in [0.4, 0.5) is 0 Å². The first-order chi connectivity index (χ1) is 4.83. The summed E-state index contributed by atoms with van der Waals surface area (Å²) in [6, 6.07) is 5.07. The average molecular weight is 154 g/mol. The summed E-state index contributed by atoms with van der Waals surface area (Å²) in [4.78, 5) is 0. The maximum absolute atomic E-state index is 2.53. The predicted molar refractivity (Wildman–Crippen MR) is 48.1 cm³/mol. The monoisotopic (exact) mass is 154 g/mol. The quantitative estimate of drug-likeness (QED) is 0.469. The molecule has 0 aliphatic carbocycles. The van der Waals surface area contributed by atoms with Crippen LogP contribution in [0.25, 0.3) is 0 Å². The highest BCUT2D eigenvalue weighted by Gasteiger charge is 2.43. The smallest absolute Gasteiger partial charge is 0.0564 e. The molecule has 58 valence electrons. The SMILES string of the molecule is C[C@@H]1CCC[Si]12CCCC2. The predicted octanol–water partition coefficient (Wildman–Crippen LogP) is 3.41. The molecule has 0 unspecified atom stereocenters. The lowest BCUT2D eigenvalue weighted by Crippen LogP contribution is -2.29. The normalized spacial score (nSPS) is 37.5. The standard InChI is InChI=1S/C9H18Si/c1-9-5-4-8-10(9)6-2-3-7-10/h9H,2-8H2,1H3/t9-/m1/s1. The third kappa shape index (κ3) is 0.867. The molecule has 0 aromatic rings. The summed E-state index contributed by atoms with van der Waals surface area (Å²) in [5, 5.41) is 0. The van der Waals surface area contributed by atoms with Gasteiger partial charge in [-0.3, -0.25) is 0 Å². The van der Waals surface area contributed by atoms with Gasteiger partial charge in [0.15, 0.2) is 0 Å². The van der Waals surface area contributed by atoms with Gasteiger partial charge in [-0.25, -0.2) is 0 Å². The van der Waals surface area contributed by atoms with Gasteiger partial charge in [0.2, 0.25) is 0 Å². The van der Waals surface area contributed by atoms with Crippen molar-refractivity contribution >= 4 is 8.07 Å². The van der Waals surface area contributed by atoms with E-state index in [4.69, 9.17) is 0 Å². The third-order valence-electron chi connectivity index (χ3n) is 3.96. The van der Waals surface area contributed by atoms with Crippen molar-refractivity contribution in [2.45, 2.75) is 56.3 Å². The molecule has 2 fully saturated rings. The van der Waals surface area contributed by atoms with Crippen molar-refractivity contribution < 1.29 is 0 Å². The minimum Gasteiger partial charge on any atom is -0.0649 e. The first-order valence-corrected chi connectivity index (χ1v) is 7.53. The molecule has 0 radical (unpaired) electrons. The zero-order valence-electron chi connectivity index (χ0n) is 7.03. The van der Waals surface area contributed by atoms with E-state index >= 15 is 0 Å². The second-order valence-electron chi connectivity index (χ2n) is 4.36. The Bertz CT molecular complexity index is 119. The average Bonchev–Trinajstić information content (AvgIpc) is 2.48. The summed E-state index contributed by atoms with van der Waals surface area (Å²) in [5.74, 6) is 0. The maximum atomic E-state index is 2.53. The molecule has 0 aromatic heterocycles. The summed E-state index contributed by atoms with van der Waals surface area (Å²) in [6.45, 7) is 2.53. The Balaban J connectivity index is 2.11. The summed E-state index contributed by atoms with van der Waals surface area (Å²) in [7, 11) is -0.573. The summed E-state index contributed by atoms with van der Waals surface area (Å²) in [6.07, 6.45) is 6.31. The molecular weight excluding hydrogens is 136 g/mol. The molecular formula is C9H18Si. The van der Waals surface area contributed by atoms with Crippen molar-refractivity contribution in [2.24, 2.45) is 0 Å². The lowest BCUT2D eigenvalue weighted by molar-refractivity contribution is 0.814. The number of hydrogen-bond acceptors (Lipinski definition) is 0. The molecule has 0 amide bonds. The van der Waals surface area contributed by atoms with Crippen LogP contribution in [0.2, 0.25) is 23.7 Å². The minimum absolute atomic E-state index is 0.573. The minimum atomic E-state index is -0.573. The Kier molecular flexibility index (Phi) is 1.63. The van der Waals surface area contributed by atoms with Gasteiger partial charge in [-0.05, 0) is 5.54 Å². The third-order valence-corrected chi connectivity index (χ3v) is 10.4. The van der Waals surface area contributed by atoms with E-state index in [1.807, 2.05) is 0 Å². The second kappa shape index (κ2) is 2.37. The fourth-order valence-electron chi connectivity index (χ4n) is 3.13. The van der Waals surface area contributed by atoms with E-state index in [2.05, 4.69) is 6.92 Å². The molecule has 2 aliphatic rings. The van der Waals surface area contributed by atoms with E-state index in [1.165, 1.54) is 5.54 Å². The molecule has 0 nitrogen and oxygen atoms in total. The molecule has 0 aromatic carbocycles. The topological polar surface area (TPSA) is 0 Å². The molecule has 10 heavy (non-hydrogen) atoms. The highest BCUT2D eigenvalue weighted by molar-refractivity contribution is 6.82. The molecule has 1 spiro atoms. The first kappa shape index (κ1) is 6.90. The highest BCUT2D eigenvalue weighted by atomic mass is 28.3. The van der Waals surface area contributed by atoms with Crippen molar-refractivity contribution in [1.82, 2.24) is 0 Å². The van der Waals surface area contributed by atoms with E-state index in [-0.39, 0.29) is 0 Å². The first-order valence-electron chi connectivity index (χ1n) is 4.83. The fourth-order valence-corrected chi connectivity index (χ4v) is 9.00. The molecule has 1 atom stereocenters. The van der Waals surface area contributed by atoms with Gasteiger partial charge in [-0.1, -0.05) is 50.7 Å². The Morgan fingerprint density at radius 2 is 1.60 bits per heavy atom. The summed E-state index contributed by atoms with van der Waals surface area (Å²) >= 11 is 0. The van der Waals surface area contributed by atoms with Crippen molar-refractivity contribution in [3.05, 3.63) is 0 Å². The number of rotatable bonds is 0. The van der Waals surface area contributed by atoms with Crippen LogP contribution in [0.15, 0.2) is 0 Å². The van der Waals surface area contributed by atoms with Gasteiger partial charge in [-0.2, -0.15) is 0 Å². The van der Waals surface area contributed by atoms with E-state index in [9.17, 15) is 0 Å². The van der Waals surface area contributed by atoms with Gasteiger partial charge < -0.3 is 0 Å². The largest absolute Gasteiger partial charge is 0.0649 e. The van der Waals surface area contributed by atoms with Crippen molar-refractivity contribution in [3.8, 4) is 0 Å². The Morgan fingerprint density at radius 3 is 2.10 bits per heavy atom. The van der Waals surface area contributed by atoms with E-state index in [0.29, 0.717) is 0 Å². The van der Waals surface area contributed by atoms with Crippen LogP contribution < -0.4 is 0 Å². The summed E-state index contributed by atoms with van der Waals surface area (Å²) < 4.78 is 0. The van der Waals surface area contributed by atoms with Crippen molar-refractivity contribution in [3.63, 3.8) is 0 Å². The van der Waals surface area contributed by atoms with E-state index in [1.54, 1.807) is 43.8 Å². The molecule has 2 aliphatic heterocycles. The molecule has 2 heterocycles. The summed E-state index contributed by atoms with van der Waals surface area (Å²) in [5.41, 5.74) is 1.19. The molecule has 0 N–H and O–H groups in total. The molecule has 2 rings (SSSR count). The maximum Gasteiger partial charge on any atom is 0.0564 e. The van der Waals surface area contributed by atoms with Crippen LogP contribution in [0.1, 0.15) is 32.6 Å². The van der Waals surface area contributed by atoms with Gasteiger partial charge in [0.05, 0.1) is 8.07 Å². The van der Waals surface area contributed by atoms with Crippen LogP contribution in [-0.4, -0.2) is 8.07 Å². The van der Waals surface area contributed by atoms with Crippen LogP contribution in [0.5, 0.6) is 0 Å². The van der Waals surface area contributed by atoms with Crippen LogP contribution >= 0.6 is 0 Å². The molecule has 1 heteroatoms. The van der Waals surface area contributed by atoms with Gasteiger partial charge in [0, 0.05) is 0 Å².